The van der Waals surface area contributed by atoms with E-state index < -0.39 is 5.41 Å². The molecule has 0 bridgehead atoms. The number of piperidine rings is 1. The van der Waals surface area contributed by atoms with E-state index in [1.807, 2.05) is 49.1 Å². The van der Waals surface area contributed by atoms with Crippen molar-refractivity contribution < 1.29 is 9.59 Å². The van der Waals surface area contributed by atoms with Crippen LogP contribution in [0, 0.1) is 5.41 Å². The predicted molar refractivity (Wildman–Crippen MR) is 97.0 cm³/mol. The van der Waals surface area contributed by atoms with Gasteiger partial charge in [-0.2, -0.15) is 0 Å². The summed E-state index contributed by atoms with van der Waals surface area (Å²) in [4.78, 5) is 26.4. The Bertz CT molecular complexity index is 552. The van der Waals surface area contributed by atoms with E-state index in [9.17, 15) is 9.59 Å². The Balaban J connectivity index is 1.74. The van der Waals surface area contributed by atoms with Gasteiger partial charge in [0.05, 0.1) is 5.41 Å². The SMILES string of the molecule is CC(C)(CCl)C(=O)NC1CCN(C(=O)CCc2ccccc2)CC1. The van der Waals surface area contributed by atoms with Crippen molar-refractivity contribution in [2.24, 2.45) is 5.41 Å². The number of hydrogen-bond donors (Lipinski definition) is 1. The fraction of sp³-hybridized carbons (Fsp3) is 0.579. The van der Waals surface area contributed by atoms with Gasteiger partial charge in [0.15, 0.2) is 0 Å². The normalized spacial score (nSPS) is 16.0. The highest BCUT2D eigenvalue weighted by Crippen LogP contribution is 2.19. The third-order valence-electron chi connectivity index (χ3n) is 4.60. The molecule has 2 amide bonds. The zero-order valence-corrected chi connectivity index (χ0v) is 15.3. The van der Waals surface area contributed by atoms with Crippen LogP contribution in [0.15, 0.2) is 30.3 Å². The van der Waals surface area contributed by atoms with Gasteiger partial charge in [0.25, 0.3) is 0 Å². The maximum atomic E-state index is 12.3. The van der Waals surface area contributed by atoms with Crippen molar-refractivity contribution in [2.45, 2.75) is 45.6 Å². The molecule has 0 atom stereocenters. The minimum atomic E-state index is -0.551. The highest BCUT2D eigenvalue weighted by Gasteiger charge is 2.30. The van der Waals surface area contributed by atoms with Crippen LogP contribution in [0.1, 0.15) is 38.7 Å². The molecule has 2 rings (SSSR count). The molecule has 0 spiro atoms. The van der Waals surface area contributed by atoms with E-state index in [4.69, 9.17) is 11.6 Å². The first-order chi connectivity index (χ1) is 11.4. The molecule has 1 saturated heterocycles. The van der Waals surface area contributed by atoms with Gasteiger partial charge in [-0.15, -0.1) is 11.6 Å². The molecule has 0 saturated carbocycles. The number of halogens is 1. The van der Waals surface area contributed by atoms with Gasteiger partial charge in [0.2, 0.25) is 11.8 Å². The first-order valence-corrected chi connectivity index (χ1v) is 9.14. The molecule has 0 radical (unpaired) electrons. The van der Waals surface area contributed by atoms with Crippen LogP contribution in [0.5, 0.6) is 0 Å². The Morgan fingerprint density at radius 3 is 2.42 bits per heavy atom. The van der Waals surface area contributed by atoms with Gasteiger partial charge in [-0.05, 0) is 38.7 Å². The number of nitrogens with one attached hydrogen (secondary N) is 1. The minimum absolute atomic E-state index is 0.00801. The Labute approximate surface area is 149 Å². The molecule has 1 aliphatic heterocycles. The maximum absolute atomic E-state index is 12.3. The van der Waals surface area contributed by atoms with E-state index in [1.165, 1.54) is 5.56 Å². The number of benzene rings is 1. The number of carbonyl (C=O) groups excluding carboxylic acids is 2. The number of likely N-dealkylation sites (tertiary alicyclic amines) is 1. The minimum Gasteiger partial charge on any atom is -0.353 e. The summed E-state index contributed by atoms with van der Waals surface area (Å²) in [6.45, 7) is 5.11. The van der Waals surface area contributed by atoms with Gasteiger partial charge in [-0.25, -0.2) is 0 Å². The van der Waals surface area contributed by atoms with Gasteiger partial charge in [0, 0.05) is 31.4 Å². The van der Waals surface area contributed by atoms with Crippen molar-refractivity contribution in [1.29, 1.82) is 0 Å². The lowest BCUT2D eigenvalue weighted by Gasteiger charge is -2.34. The highest BCUT2D eigenvalue weighted by atomic mass is 35.5. The quantitative estimate of drug-likeness (QED) is 0.802. The van der Waals surface area contributed by atoms with E-state index in [0.717, 1.165) is 19.3 Å². The molecule has 5 heteroatoms. The number of rotatable bonds is 6. The molecule has 1 fully saturated rings. The van der Waals surface area contributed by atoms with Crippen LogP contribution in [0.4, 0.5) is 0 Å². The van der Waals surface area contributed by atoms with E-state index in [0.29, 0.717) is 25.4 Å². The van der Waals surface area contributed by atoms with Crippen molar-refractivity contribution in [3.63, 3.8) is 0 Å². The van der Waals surface area contributed by atoms with Crippen molar-refractivity contribution in [1.82, 2.24) is 10.2 Å². The second-order valence-electron chi connectivity index (χ2n) is 7.13. The van der Waals surface area contributed by atoms with Crippen LogP contribution >= 0.6 is 11.6 Å². The molecule has 1 N–H and O–H groups in total. The summed E-state index contributed by atoms with van der Waals surface area (Å²) in [7, 11) is 0. The second kappa shape index (κ2) is 8.52. The van der Waals surface area contributed by atoms with Crippen LogP contribution in [-0.4, -0.2) is 41.7 Å². The fourth-order valence-corrected chi connectivity index (χ4v) is 2.89. The topological polar surface area (TPSA) is 49.4 Å². The molecule has 24 heavy (non-hydrogen) atoms. The average Bonchev–Trinajstić information content (AvgIpc) is 2.61. The smallest absolute Gasteiger partial charge is 0.227 e. The number of carbonyl (C=O) groups is 2. The molecule has 1 heterocycles. The number of hydrogen-bond acceptors (Lipinski definition) is 2. The van der Waals surface area contributed by atoms with E-state index >= 15 is 0 Å². The van der Waals surface area contributed by atoms with Gasteiger partial charge < -0.3 is 10.2 Å². The Hall–Kier alpha value is -1.55. The number of amides is 2. The monoisotopic (exact) mass is 350 g/mol. The molecule has 1 aromatic carbocycles. The summed E-state index contributed by atoms with van der Waals surface area (Å²) in [6.07, 6.45) is 2.93. The Morgan fingerprint density at radius 2 is 1.83 bits per heavy atom. The van der Waals surface area contributed by atoms with Crippen LogP contribution < -0.4 is 5.32 Å². The van der Waals surface area contributed by atoms with Crippen molar-refractivity contribution in [3.05, 3.63) is 35.9 Å². The van der Waals surface area contributed by atoms with E-state index in [1.54, 1.807) is 0 Å². The lowest BCUT2D eigenvalue weighted by Crippen LogP contribution is -2.49. The average molecular weight is 351 g/mol. The zero-order valence-electron chi connectivity index (χ0n) is 14.6. The van der Waals surface area contributed by atoms with Crippen LogP contribution in [0.2, 0.25) is 0 Å². The van der Waals surface area contributed by atoms with Gasteiger partial charge in [-0.1, -0.05) is 30.3 Å². The standard InChI is InChI=1S/C19H27ClN2O2/c1-19(2,14-20)18(24)21-16-10-12-22(13-11-16)17(23)9-8-15-6-4-3-5-7-15/h3-7,16H,8-14H2,1-2H3,(H,21,24). The fourth-order valence-electron chi connectivity index (χ4n) is 2.77. The molecular formula is C19H27ClN2O2. The zero-order chi connectivity index (χ0) is 17.6. The summed E-state index contributed by atoms with van der Waals surface area (Å²) in [6, 6.07) is 10.2. The van der Waals surface area contributed by atoms with Crippen LogP contribution in [0.3, 0.4) is 0 Å². The molecule has 0 aliphatic carbocycles. The number of alkyl halides is 1. The molecule has 0 aromatic heterocycles. The predicted octanol–water partition coefficient (Wildman–Crippen LogP) is 2.99. The summed E-state index contributed by atoms with van der Waals surface area (Å²) >= 11 is 5.84. The van der Waals surface area contributed by atoms with Gasteiger partial charge in [0.1, 0.15) is 0 Å². The summed E-state index contributed by atoms with van der Waals surface area (Å²) in [5, 5.41) is 3.07. The maximum Gasteiger partial charge on any atom is 0.227 e. The number of nitrogens with zero attached hydrogens (tertiary/aromatic N) is 1. The molecular weight excluding hydrogens is 324 g/mol. The number of aryl methyl sites for hydroxylation is 1. The summed E-state index contributed by atoms with van der Waals surface area (Å²) < 4.78 is 0. The third kappa shape index (κ3) is 5.23. The first kappa shape index (κ1) is 18.8. The molecule has 132 valence electrons. The first-order valence-electron chi connectivity index (χ1n) is 8.61. The molecule has 0 unspecified atom stereocenters. The summed E-state index contributed by atoms with van der Waals surface area (Å²) in [5.41, 5.74) is 0.640. The lowest BCUT2D eigenvalue weighted by atomic mass is 9.93. The largest absolute Gasteiger partial charge is 0.353 e. The lowest BCUT2D eigenvalue weighted by molar-refractivity contribution is -0.132. The van der Waals surface area contributed by atoms with Crippen LogP contribution in [-0.2, 0) is 16.0 Å². The Kier molecular flexibility index (Phi) is 6.67. The van der Waals surface area contributed by atoms with Crippen molar-refractivity contribution in [2.75, 3.05) is 19.0 Å². The van der Waals surface area contributed by atoms with E-state index in [2.05, 4.69) is 5.32 Å². The van der Waals surface area contributed by atoms with Crippen molar-refractivity contribution in [3.8, 4) is 0 Å². The second-order valence-corrected chi connectivity index (χ2v) is 7.40. The van der Waals surface area contributed by atoms with Crippen molar-refractivity contribution >= 4 is 23.4 Å². The Morgan fingerprint density at radius 1 is 1.21 bits per heavy atom. The summed E-state index contributed by atoms with van der Waals surface area (Å²) in [5.74, 6) is 0.492. The van der Waals surface area contributed by atoms with Gasteiger partial charge in [-0.3, -0.25) is 9.59 Å². The molecule has 1 aromatic rings. The van der Waals surface area contributed by atoms with Gasteiger partial charge >= 0.3 is 0 Å². The van der Waals surface area contributed by atoms with Crippen LogP contribution in [0.25, 0.3) is 0 Å². The molecule has 1 aliphatic rings. The third-order valence-corrected chi connectivity index (χ3v) is 5.27. The highest BCUT2D eigenvalue weighted by molar-refractivity contribution is 6.19. The van der Waals surface area contributed by atoms with E-state index in [-0.39, 0.29) is 17.9 Å². The molecule has 4 nitrogen and oxygen atoms in total.